The van der Waals surface area contributed by atoms with Gasteiger partial charge in [-0.1, -0.05) is 82.0 Å². The molecule has 1 saturated carbocycles. The van der Waals surface area contributed by atoms with Crippen molar-refractivity contribution in [1.29, 1.82) is 0 Å². The molecule has 0 radical (unpaired) electrons. The van der Waals surface area contributed by atoms with Gasteiger partial charge in [0.25, 0.3) is 0 Å². The van der Waals surface area contributed by atoms with Crippen molar-refractivity contribution in [3.8, 4) is 11.5 Å². The Morgan fingerprint density at radius 2 is 1.04 bits per heavy atom. The Morgan fingerprint density at radius 1 is 0.583 bits per heavy atom. The van der Waals surface area contributed by atoms with E-state index in [4.69, 9.17) is 9.47 Å². The fraction of sp³-hybridized carbons (Fsp3) is 0.400. The molecule has 3 aliphatic carbocycles. The predicted octanol–water partition coefficient (Wildman–Crippen LogP) is 6.87. The Bertz CT molecular complexity index is 1620. The first-order chi connectivity index (χ1) is 23.4. The minimum absolute atomic E-state index is 0.335. The van der Waals surface area contributed by atoms with E-state index < -0.39 is 35.0 Å². The lowest BCUT2D eigenvalue weighted by Gasteiger charge is -2.53. The summed E-state index contributed by atoms with van der Waals surface area (Å²) in [5.41, 5.74) is 0.509. The van der Waals surface area contributed by atoms with Gasteiger partial charge in [-0.3, -0.25) is 19.2 Å². The van der Waals surface area contributed by atoms with Crippen molar-refractivity contribution in [3.63, 3.8) is 0 Å². The van der Waals surface area contributed by atoms with E-state index in [1.807, 2.05) is 42.5 Å². The number of rotatable bonds is 13. The number of hydrogen-bond acceptors (Lipinski definition) is 6. The second kappa shape index (κ2) is 13.1. The van der Waals surface area contributed by atoms with Gasteiger partial charge in [-0.05, 0) is 66.9 Å². The Kier molecular flexibility index (Phi) is 8.67. The van der Waals surface area contributed by atoms with Crippen LogP contribution in [-0.2, 0) is 24.6 Å². The van der Waals surface area contributed by atoms with E-state index in [9.17, 15) is 19.2 Å². The molecule has 0 aromatic heterocycles. The van der Waals surface area contributed by atoms with Gasteiger partial charge in [-0.15, -0.1) is 0 Å². The quantitative estimate of drug-likeness (QED) is 0.114. The number of benzene rings is 3. The third-order valence-corrected chi connectivity index (χ3v) is 10.7. The number of carbonyl (C=O) groups excluding carboxylic acids is 4. The molecule has 2 bridgehead atoms. The molecule has 8 rings (SSSR count). The van der Waals surface area contributed by atoms with Gasteiger partial charge in [0.05, 0.1) is 48.3 Å². The molecular weight excluding hydrogens is 604 g/mol. The molecule has 48 heavy (non-hydrogen) atoms. The SMILES string of the molecule is CCCCCOc1ccc(N2C(=O)C3C4C=CC(c5ccccc5)(C3C2=O)C2C(=O)N(c3ccc(OCCCCC)cc3)C(=O)C42)cc1. The number of ether oxygens (including phenoxy) is 2. The largest absolute Gasteiger partial charge is 0.494 e. The number of anilines is 2. The van der Waals surface area contributed by atoms with Gasteiger partial charge in [-0.2, -0.15) is 0 Å². The van der Waals surface area contributed by atoms with Crippen LogP contribution in [0.1, 0.15) is 57.9 Å². The average Bonchev–Trinajstić information content (AvgIpc) is 3.56. The lowest BCUT2D eigenvalue weighted by molar-refractivity contribution is -0.140. The Balaban J connectivity index is 1.22. The Hall–Kier alpha value is -4.72. The second-order valence-corrected chi connectivity index (χ2v) is 13.4. The molecular formula is C40H42N2O6. The second-order valence-electron chi connectivity index (χ2n) is 13.4. The molecule has 2 heterocycles. The number of unbranched alkanes of at least 4 members (excludes halogenated alkanes) is 4. The van der Waals surface area contributed by atoms with Crippen LogP contribution in [0.15, 0.2) is 91.0 Å². The first kappa shape index (κ1) is 31.9. The van der Waals surface area contributed by atoms with Gasteiger partial charge in [0, 0.05) is 11.3 Å². The lowest BCUT2D eigenvalue weighted by atomic mass is 9.45. The van der Waals surface area contributed by atoms with Crippen molar-refractivity contribution < 1.29 is 28.7 Å². The van der Waals surface area contributed by atoms with Crippen LogP contribution in [0, 0.1) is 29.6 Å². The summed E-state index contributed by atoms with van der Waals surface area (Å²) in [5, 5.41) is 0. The first-order valence-electron chi connectivity index (χ1n) is 17.4. The van der Waals surface area contributed by atoms with Crippen LogP contribution in [0.3, 0.4) is 0 Å². The van der Waals surface area contributed by atoms with Gasteiger partial charge in [-0.25, -0.2) is 9.80 Å². The average molecular weight is 647 g/mol. The molecule has 3 aromatic carbocycles. The molecule has 248 valence electrons. The fourth-order valence-electron chi connectivity index (χ4n) is 8.45. The van der Waals surface area contributed by atoms with Crippen molar-refractivity contribution in [1.82, 2.24) is 0 Å². The van der Waals surface area contributed by atoms with Crippen molar-refractivity contribution in [3.05, 3.63) is 96.6 Å². The Labute approximate surface area is 281 Å². The summed E-state index contributed by atoms with van der Waals surface area (Å²) < 4.78 is 11.7. The highest BCUT2D eigenvalue weighted by molar-refractivity contribution is 6.27. The molecule has 4 atom stereocenters. The maximum atomic E-state index is 14.6. The summed E-state index contributed by atoms with van der Waals surface area (Å²) >= 11 is 0. The molecule has 4 amide bonds. The smallest absolute Gasteiger partial charge is 0.238 e. The zero-order valence-electron chi connectivity index (χ0n) is 27.5. The standard InChI is InChI=1S/C40H42N2O6/c1-3-5-10-24-47-29-18-14-27(15-19-29)41-36(43)32-31-22-23-40(34(32)38(41)45,26-12-8-7-9-13-26)35-33(31)37(44)42(39(35)46)28-16-20-30(21-17-28)48-25-11-6-4-2/h7-9,12-23,31-35H,3-6,10-11,24-25H2,1-2H3. The summed E-state index contributed by atoms with van der Waals surface area (Å²) in [4.78, 5) is 60.3. The minimum Gasteiger partial charge on any atom is -0.494 e. The summed E-state index contributed by atoms with van der Waals surface area (Å²) in [7, 11) is 0. The summed E-state index contributed by atoms with van der Waals surface area (Å²) in [6.07, 6.45) is 10.1. The van der Waals surface area contributed by atoms with Crippen molar-refractivity contribution >= 4 is 35.0 Å². The van der Waals surface area contributed by atoms with E-state index >= 15 is 0 Å². The number of nitrogens with zero attached hydrogens (tertiary/aromatic N) is 2. The topological polar surface area (TPSA) is 93.2 Å². The predicted molar refractivity (Wildman–Crippen MR) is 183 cm³/mol. The van der Waals surface area contributed by atoms with Crippen LogP contribution < -0.4 is 19.3 Å². The van der Waals surface area contributed by atoms with Gasteiger partial charge < -0.3 is 9.47 Å². The number of amides is 4. The number of carbonyl (C=O) groups is 4. The Morgan fingerprint density at radius 3 is 1.48 bits per heavy atom. The van der Waals surface area contributed by atoms with Gasteiger partial charge in [0.2, 0.25) is 23.6 Å². The van der Waals surface area contributed by atoms with Gasteiger partial charge in [0.1, 0.15) is 11.5 Å². The maximum absolute atomic E-state index is 14.6. The maximum Gasteiger partial charge on any atom is 0.238 e. The molecule has 8 heteroatoms. The van der Waals surface area contributed by atoms with Crippen LogP contribution in [-0.4, -0.2) is 36.8 Å². The number of imide groups is 2. The highest BCUT2D eigenvalue weighted by atomic mass is 16.5. The molecule has 0 spiro atoms. The molecule has 2 saturated heterocycles. The van der Waals surface area contributed by atoms with E-state index in [0.717, 1.165) is 44.1 Å². The molecule has 2 aliphatic heterocycles. The number of hydrogen-bond donors (Lipinski definition) is 0. The van der Waals surface area contributed by atoms with E-state index in [1.165, 1.54) is 9.80 Å². The monoisotopic (exact) mass is 646 g/mol. The minimum atomic E-state index is -1.17. The lowest BCUT2D eigenvalue weighted by Crippen LogP contribution is -2.60. The van der Waals surface area contributed by atoms with E-state index in [2.05, 4.69) is 13.8 Å². The van der Waals surface area contributed by atoms with E-state index in [-0.39, 0.29) is 23.6 Å². The van der Waals surface area contributed by atoms with E-state index in [1.54, 1.807) is 48.5 Å². The van der Waals surface area contributed by atoms with Gasteiger partial charge >= 0.3 is 0 Å². The van der Waals surface area contributed by atoms with Crippen LogP contribution in [0.4, 0.5) is 11.4 Å². The third kappa shape index (κ3) is 5.04. The summed E-state index contributed by atoms with van der Waals surface area (Å²) in [5.74, 6) is -3.80. The highest BCUT2D eigenvalue weighted by Crippen LogP contribution is 2.65. The molecule has 0 N–H and O–H groups in total. The number of allylic oxidation sites excluding steroid dienone is 2. The molecule has 3 aromatic rings. The fourth-order valence-corrected chi connectivity index (χ4v) is 8.45. The van der Waals surface area contributed by atoms with E-state index in [0.29, 0.717) is 36.1 Å². The van der Waals surface area contributed by atoms with Crippen LogP contribution >= 0.6 is 0 Å². The normalized spacial score (nSPS) is 27.1. The van der Waals surface area contributed by atoms with Crippen LogP contribution in [0.5, 0.6) is 11.5 Å². The summed E-state index contributed by atoms with van der Waals surface area (Å²) in [6.45, 7) is 5.48. The molecule has 5 aliphatic rings. The van der Waals surface area contributed by atoms with Crippen molar-refractivity contribution in [2.24, 2.45) is 29.6 Å². The molecule has 4 unspecified atom stereocenters. The van der Waals surface area contributed by atoms with Crippen molar-refractivity contribution in [2.75, 3.05) is 23.0 Å². The van der Waals surface area contributed by atoms with Gasteiger partial charge in [0.15, 0.2) is 0 Å². The molecule has 3 fully saturated rings. The zero-order chi connectivity index (χ0) is 33.4. The first-order valence-corrected chi connectivity index (χ1v) is 17.4. The molecule has 8 nitrogen and oxygen atoms in total. The third-order valence-electron chi connectivity index (χ3n) is 10.7. The summed E-state index contributed by atoms with van der Waals surface area (Å²) in [6, 6.07) is 23.5. The highest BCUT2D eigenvalue weighted by Gasteiger charge is 2.75. The zero-order valence-corrected chi connectivity index (χ0v) is 27.5. The van der Waals surface area contributed by atoms with Crippen LogP contribution in [0.2, 0.25) is 0 Å². The van der Waals surface area contributed by atoms with Crippen LogP contribution in [0.25, 0.3) is 0 Å². The van der Waals surface area contributed by atoms with Crippen molar-refractivity contribution in [2.45, 2.75) is 57.8 Å².